The predicted octanol–water partition coefficient (Wildman–Crippen LogP) is 1.46. The maximum Gasteiger partial charge on any atom is 0.159 e. The van der Waals surface area contributed by atoms with Crippen molar-refractivity contribution in [2.24, 2.45) is 5.92 Å². The lowest BCUT2D eigenvalue weighted by Crippen LogP contribution is -2.20. The summed E-state index contributed by atoms with van der Waals surface area (Å²) in [5, 5.41) is 17.0. The first-order valence-electron chi connectivity index (χ1n) is 3.70. The Hall–Kier alpha value is -1.06. The second-order valence-corrected chi connectivity index (χ2v) is 2.14. The Balaban J connectivity index is 4.03. The van der Waals surface area contributed by atoms with Crippen LogP contribution in [0, 0.1) is 28.6 Å². The highest BCUT2D eigenvalue weighted by atomic mass is 16.5. The molecule has 3 heteroatoms. The zero-order valence-electron chi connectivity index (χ0n) is 6.87. The van der Waals surface area contributed by atoms with Crippen molar-refractivity contribution in [2.45, 2.75) is 26.4 Å². The smallest absolute Gasteiger partial charge is 0.159 e. The molecule has 60 valence electrons. The van der Waals surface area contributed by atoms with E-state index in [1.807, 2.05) is 26.0 Å². The zero-order valence-corrected chi connectivity index (χ0v) is 6.87. The minimum Gasteiger partial charge on any atom is -0.376 e. The quantitative estimate of drug-likeness (QED) is 0.612. The summed E-state index contributed by atoms with van der Waals surface area (Å²) in [6.07, 6.45) is 0.481. The molecule has 0 radical (unpaired) electrons. The molecule has 0 aromatic heterocycles. The molecular weight excluding hydrogens is 140 g/mol. The Labute approximate surface area is 67.2 Å². The molecule has 0 spiro atoms. The fourth-order valence-electron chi connectivity index (χ4n) is 0.859. The van der Waals surface area contributed by atoms with Crippen molar-refractivity contribution in [1.82, 2.24) is 0 Å². The summed E-state index contributed by atoms with van der Waals surface area (Å²) < 4.78 is 5.19. The fourth-order valence-corrected chi connectivity index (χ4v) is 0.859. The first-order valence-corrected chi connectivity index (χ1v) is 3.70. The Morgan fingerprint density at radius 3 is 2.09 bits per heavy atom. The molecule has 0 aromatic carbocycles. The number of rotatable bonds is 4. The van der Waals surface area contributed by atoms with Gasteiger partial charge in [-0.1, -0.05) is 6.92 Å². The van der Waals surface area contributed by atoms with Crippen LogP contribution >= 0.6 is 0 Å². The number of hydrogen-bond acceptors (Lipinski definition) is 3. The van der Waals surface area contributed by atoms with Gasteiger partial charge in [-0.05, 0) is 13.3 Å². The molecule has 0 aliphatic carbocycles. The lowest BCUT2D eigenvalue weighted by atomic mass is 10.0. The molecule has 1 unspecified atom stereocenters. The van der Waals surface area contributed by atoms with E-state index in [1.54, 1.807) is 0 Å². The summed E-state index contributed by atoms with van der Waals surface area (Å²) >= 11 is 0. The first-order chi connectivity index (χ1) is 5.29. The van der Waals surface area contributed by atoms with Crippen molar-refractivity contribution in [3.63, 3.8) is 0 Å². The average molecular weight is 152 g/mol. The third-order valence-electron chi connectivity index (χ3n) is 1.43. The van der Waals surface area contributed by atoms with Gasteiger partial charge in [-0.25, -0.2) is 0 Å². The van der Waals surface area contributed by atoms with Crippen LogP contribution in [0.1, 0.15) is 20.3 Å². The first kappa shape index (κ1) is 9.94. The van der Waals surface area contributed by atoms with E-state index in [2.05, 4.69) is 0 Å². The molecule has 0 saturated carbocycles. The number of ether oxygens (including phenoxy) is 1. The third kappa shape index (κ3) is 3.02. The molecule has 0 N–H and O–H groups in total. The second-order valence-electron chi connectivity index (χ2n) is 2.14. The number of nitrogens with zero attached hydrogens (tertiary/aromatic N) is 2. The molecule has 0 aliphatic rings. The van der Waals surface area contributed by atoms with Crippen LogP contribution < -0.4 is 0 Å². The Bertz CT molecular complexity index is 164. The summed E-state index contributed by atoms with van der Waals surface area (Å²) in [5.74, 6) is -0.625. The highest BCUT2D eigenvalue weighted by Gasteiger charge is 2.18. The van der Waals surface area contributed by atoms with Gasteiger partial charge in [0.1, 0.15) is 0 Å². The van der Waals surface area contributed by atoms with Crippen LogP contribution in [0.5, 0.6) is 0 Å². The summed E-state index contributed by atoms with van der Waals surface area (Å²) in [4.78, 5) is 0. The minimum atomic E-state index is -0.625. The van der Waals surface area contributed by atoms with E-state index >= 15 is 0 Å². The standard InChI is InChI=1S/C8H12N2O/c1-3-8(11-4-2)7(5-9)6-10/h7-8H,3-4H2,1-2H3. The van der Waals surface area contributed by atoms with Crippen molar-refractivity contribution in [1.29, 1.82) is 10.5 Å². The molecule has 0 heterocycles. The lowest BCUT2D eigenvalue weighted by Gasteiger charge is -2.14. The molecule has 1 atom stereocenters. The highest BCUT2D eigenvalue weighted by molar-refractivity contribution is 5.03. The number of hydrogen-bond donors (Lipinski definition) is 0. The van der Waals surface area contributed by atoms with E-state index in [4.69, 9.17) is 15.3 Å². The van der Waals surface area contributed by atoms with Crippen molar-refractivity contribution in [2.75, 3.05) is 6.61 Å². The Morgan fingerprint density at radius 2 is 1.82 bits per heavy atom. The van der Waals surface area contributed by atoms with Crippen LogP contribution in [-0.2, 0) is 4.74 Å². The van der Waals surface area contributed by atoms with Crippen LogP contribution in [0.25, 0.3) is 0 Å². The summed E-state index contributed by atoms with van der Waals surface area (Å²) in [6.45, 7) is 4.31. The Kier molecular flexibility index (Phi) is 5.15. The van der Waals surface area contributed by atoms with Crippen LogP contribution in [0.15, 0.2) is 0 Å². The molecule has 0 aliphatic heterocycles. The van der Waals surface area contributed by atoms with Crippen LogP contribution in [0.3, 0.4) is 0 Å². The normalized spacial score (nSPS) is 12.1. The molecule has 0 fully saturated rings. The zero-order chi connectivity index (χ0) is 8.69. The Morgan fingerprint density at radius 1 is 1.27 bits per heavy atom. The SMILES string of the molecule is CCOC(CC)C(C#N)C#N. The minimum absolute atomic E-state index is 0.227. The van der Waals surface area contributed by atoms with Crippen molar-refractivity contribution >= 4 is 0 Å². The van der Waals surface area contributed by atoms with Gasteiger partial charge in [-0.3, -0.25) is 0 Å². The van der Waals surface area contributed by atoms with Gasteiger partial charge in [-0.15, -0.1) is 0 Å². The van der Waals surface area contributed by atoms with Crippen LogP contribution in [0.2, 0.25) is 0 Å². The predicted molar refractivity (Wildman–Crippen MR) is 40.4 cm³/mol. The van der Waals surface area contributed by atoms with E-state index in [1.165, 1.54) is 0 Å². The van der Waals surface area contributed by atoms with Crippen LogP contribution in [0.4, 0.5) is 0 Å². The molecular formula is C8H12N2O. The van der Waals surface area contributed by atoms with E-state index in [-0.39, 0.29) is 6.10 Å². The largest absolute Gasteiger partial charge is 0.376 e. The maximum atomic E-state index is 8.50. The van der Waals surface area contributed by atoms with Gasteiger partial charge in [0.25, 0.3) is 0 Å². The molecule has 3 nitrogen and oxygen atoms in total. The lowest BCUT2D eigenvalue weighted by molar-refractivity contribution is 0.0465. The fraction of sp³-hybridized carbons (Fsp3) is 0.750. The molecule has 0 rings (SSSR count). The topological polar surface area (TPSA) is 56.8 Å². The van der Waals surface area contributed by atoms with Crippen molar-refractivity contribution < 1.29 is 4.74 Å². The summed E-state index contributed by atoms with van der Waals surface area (Å²) in [7, 11) is 0. The van der Waals surface area contributed by atoms with E-state index in [0.717, 1.165) is 0 Å². The second kappa shape index (κ2) is 5.70. The monoisotopic (exact) mass is 152 g/mol. The molecule has 0 saturated heterocycles. The van der Waals surface area contributed by atoms with E-state index < -0.39 is 5.92 Å². The van der Waals surface area contributed by atoms with Gasteiger partial charge in [0.05, 0.1) is 18.2 Å². The average Bonchev–Trinajstić information content (AvgIpc) is 2.05. The van der Waals surface area contributed by atoms with Gasteiger partial charge in [0.2, 0.25) is 0 Å². The van der Waals surface area contributed by atoms with Crippen molar-refractivity contribution in [3.05, 3.63) is 0 Å². The highest BCUT2D eigenvalue weighted by Crippen LogP contribution is 2.09. The summed E-state index contributed by atoms with van der Waals surface area (Å²) in [5.41, 5.74) is 0. The van der Waals surface area contributed by atoms with E-state index in [0.29, 0.717) is 13.0 Å². The van der Waals surface area contributed by atoms with Gasteiger partial charge >= 0.3 is 0 Å². The van der Waals surface area contributed by atoms with Gasteiger partial charge in [0, 0.05) is 6.61 Å². The van der Waals surface area contributed by atoms with E-state index in [9.17, 15) is 0 Å². The van der Waals surface area contributed by atoms with Gasteiger partial charge in [-0.2, -0.15) is 10.5 Å². The third-order valence-corrected chi connectivity index (χ3v) is 1.43. The molecule has 0 bridgehead atoms. The van der Waals surface area contributed by atoms with Gasteiger partial charge < -0.3 is 4.74 Å². The van der Waals surface area contributed by atoms with Crippen molar-refractivity contribution in [3.8, 4) is 12.1 Å². The maximum absolute atomic E-state index is 8.50. The molecule has 11 heavy (non-hydrogen) atoms. The van der Waals surface area contributed by atoms with Gasteiger partial charge in [0.15, 0.2) is 5.92 Å². The van der Waals surface area contributed by atoms with Crippen LogP contribution in [-0.4, -0.2) is 12.7 Å². The molecule has 0 aromatic rings. The summed E-state index contributed by atoms with van der Waals surface area (Å²) in [6, 6.07) is 3.80. The molecule has 0 amide bonds. The number of nitriles is 2.